The molecule has 5 rings (SSSR count). The molecule has 32 heavy (non-hydrogen) atoms. The summed E-state index contributed by atoms with van der Waals surface area (Å²) in [5, 5.41) is 4.59. The van der Waals surface area contributed by atoms with Crippen molar-refractivity contribution < 1.29 is 23.0 Å². The number of aryl methyl sites for hydroxylation is 1. The van der Waals surface area contributed by atoms with Crippen LogP contribution in [0.2, 0.25) is 0 Å². The molecule has 0 spiro atoms. The summed E-state index contributed by atoms with van der Waals surface area (Å²) < 4.78 is 37.2. The number of aromatic nitrogens is 4. The third-order valence-corrected chi connectivity index (χ3v) is 5.59. The first kappa shape index (κ1) is 20.5. The van der Waals surface area contributed by atoms with Crippen LogP contribution in [0.5, 0.6) is 5.75 Å². The lowest BCUT2D eigenvalue weighted by molar-refractivity contribution is 0.0817. The Morgan fingerprint density at radius 1 is 1.31 bits per heavy atom. The van der Waals surface area contributed by atoms with Gasteiger partial charge in [-0.25, -0.2) is 8.78 Å². The zero-order chi connectivity index (χ0) is 22.2. The van der Waals surface area contributed by atoms with Crippen molar-refractivity contribution >= 4 is 11.7 Å². The lowest BCUT2D eigenvalue weighted by atomic mass is 10.1. The van der Waals surface area contributed by atoms with Crippen molar-refractivity contribution in [3.05, 3.63) is 53.6 Å². The van der Waals surface area contributed by atoms with Gasteiger partial charge < -0.3 is 9.47 Å². The van der Waals surface area contributed by atoms with Crippen LogP contribution in [0.4, 0.5) is 14.6 Å². The maximum Gasteiger partial charge on any atom is 0.272 e. The van der Waals surface area contributed by atoms with Gasteiger partial charge in [-0.2, -0.15) is 5.10 Å². The summed E-state index contributed by atoms with van der Waals surface area (Å²) in [7, 11) is 0. The number of pyridine rings is 2. The second-order valence-electron chi connectivity index (χ2n) is 7.82. The minimum atomic E-state index is -2.57. The molecule has 0 bridgehead atoms. The molecule has 2 aliphatic rings. The monoisotopic (exact) mass is 441 g/mol. The van der Waals surface area contributed by atoms with E-state index in [-0.39, 0.29) is 17.7 Å². The van der Waals surface area contributed by atoms with Crippen molar-refractivity contribution in [2.24, 2.45) is 0 Å². The molecule has 0 radical (unpaired) electrons. The first-order valence-electron chi connectivity index (χ1n) is 10.3. The van der Waals surface area contributed by atoms with Gasteiger partial charge in [0.25, 0.3) is 12.3 Å². The molecule has 1 unspecified atom stereocenters. The predicted octanol–water partition coefficient (Wildman–Crippen LogP) is 3.41. The Bertz CT molecular complexity index is 1160. The third kappa shape index (κ3) is 3.81. The van der Waals surface area contributed by atoms with Crippen molar-refractivity contribution in [2.45, 2.75) is 32.4 Å². The van der Waals surface area contributed by atoms with Gasteiger partial charge in [-0.05, 0) is 31.0 Å². The average molecular weight is 441 g/mol. The number of nitrogens with zero attached hydrogens (tertiary/aromatic N) is 5. The van der Waals surface area contributed by atoms with Gasteiger partial charge in [0.05, 0.1) is 42.3 Å². The summed E-state index contributed by atoms with van der Waals surface area (Å²) in [4.78, 5) is 23.5. The second kappa shape index (κ2) is 8.27. The van der Waals surface area contributed by atoms with Crippen molar-refractivity contribution in [1.29, 1.82) is 0 Å². The number of ether oxygens (including phenoxy) is 2. The van der Waals surface area contributed by atoms with E-state index in [0.29, 0.717) is 48.1 Å². The van der Waals surface area contributed by atoms with Crippen LogP contribution in [0.25, 0.3) is 11.3 Å². The molecule has 2 aliphatic heterocycles. The highest BCUT2D eigenvalue weighted by Gasteiger charge is 2.33. The van der Waals surface area contributed by atoms with E-state index in [1.165, 1.54) is 6.20 Å². The van der Waals surface area contributed by atoms with Gasteiger partial charge in [0.15, 0.2) is 5.82 Å². The molecule has 1 atom stereocenters. The van der Waals surface area contributed by atoms with Gasteiger partial charge in [-0.1, -0.05) is 0 Å². The summed E-state index contributed by atoms with van der Waals surface area (Å²) in [6, 6.07) is 5.42. The Morgan fingerprint density at radius 3 is 2.97 bits per heavy atom. The third-order valence-electron chi connectivity index (χ3n) is 5.59. The van der Waals surface area contributed by atoms with E-state index in [1.54, 1.807) is 23.2 Å². The lowest BCUT2D eigenvalue weighted by Crippen LogP contribution is -2.24. The van der Waals surface area contributed by atoms with Gasteiger partial charge in [-0.3, -0.25) is 24.3 Å². The van der Waals surface area contributed by atoms with Crippen molar-refractivity contribution in [3.63, 3.8) is 0 Å². The van der Waals surface area contributed by atoms with E-state index >= 15 is 0 Å². The number of rotatable bonds is 6. The van der Waals surface area contributed by atoms with Gasteiger partial charge in [0.2, 0.25) is 0 Å². The number of fused-ring (bicyclic) bond motifs is 1. The molecule has 10 heteroatoms. The fourth-order valence-corrected chi connectivity index (χ4v) is 4.04. The molecule has 166 valence electrons. The van der Waals surface area contributed by atoms with Gasteiger partial charge in [0.1, 0.15) is 12.4 Å². The number of amides is 1. The van der Waals surface area contributed by atoms with E-state index in [1.807, 2.05) is 23.9 Å². The van der Waals surface area contributed by atoms with Crippen molar-refractivity contribution in [1.82, 2.24) is 19.7 Å². The Labute approximate surface area is 182 Å². The number of carbonyl (C=O) groups is 1. The highest BCUT2D eigenvalue weighted by Crippen LogP contribution is 2.32. The summed E-state index contributed by atoms with van der Waals surface area (Å²) >= 11 is 0. The Balaban J connectivity index is 1.41. The SMILES string of the molecule is Cc1cc(-c2cncc(OCC(F)F)c2)nc2c1C(=O)N(c1ccn(C3CCOC3)n1)C2. The van der Waals surface area contributed by atoms with Crippen LogP contribution < -0.4 is 9.64 Å². The standard InChI is InChI=1S/C22H21F2N5O3/c1-13-6-17(14-7-16(9-25-8-14)32-12-19(23)24)26-18-10-28(22(30)21(13)18)20-2-4-29(27-20)15-3-5-31-11-15/h2,4,6-9,15,19H,3,5,10-12H2,1H3. The van der Waals surface area contributed by atoms with Gasteiger partial charge in [-0.15, -0.1) is 0 Å². The Kier molecular flexibility index (Phi) is 5.30. The fourth-order valence-electron chi connectivity index (χ4n) is 4.04. The van der Waals surface area contributed by atoms with Gasteiger partial charge >= 0.3 is 0 Å². The average Bonchev–Trinajstić information content (AvgIpc) is 3.52. The molecule has 3 aromatic heterocycles. The van der Waals surface area contributed by atoms with E-state index in [2.05, 4.69) is 15.1 Å². The van der Waals surface area contributed by atoms with E-state index in [0.717, 1.165) is 12.0 Å². The molecule has 0 aliphatic carbocycles. The quantitative estimate of drug-likeness (QED) is 0.583. The molecular weight excluding hydrogens is 420 g/mol. The van der Waals surface area contributed by atoms with Crippen LogP contribution in [0, 0.1) is 6.92 Å². The van der Waals surface area contributed by atoms with Crippen LogP contribution in [0.15, 0.2) is 36.8 Å². The minimum Gasteiger partial charge on any atom is -0.486 e. The number of hydrogen-bond acceptors (Lipinski definition) is 6. The maximum atomic E-state index is 13.1. The van der Waals surface area contributed by atoms with Crippen LogP contribution >= 0.6 is 0 Å². The molecule has 0 N–H and O–H groups in total. The first-order chi connectivity index (χ1) is 15.5. The van der Waals surface area contributed by atoms with Crippen molar-refractivity contribution in [2.75, 3.05) is 24.7 Å². The summed E-state index contributed by atoms with van der Waals surface area (Å²) in [5.41, 5.74) is 3.20. The fraction of sp³-hybridized carbons (Fsp3) is 0.364. The normalized spacial score (nSPS) is 17.9. The van der Waals surface area contributed by atoms with Crippen LogP contribution in [0.1, 0.15) is 34.1 Å². The summed E-state index contributed by atoms with van der Waals surface area (Å²) in [6.07, 6.45) is 3.16. The molecule has 1 saturated heterocycles. The summed E-state index contributed by atoms with van der Waals surface area (Å²) in [5.74, 6) is 0.670. The first-order valence-corrected chi connectivity index (χ1v) is 10.3. The van der Waals surface area contributed by atoms with E-state index < -0.39 is 13.0 Å². The smallest absolute Gasteiger partial charge is 0.272 e. The summed E-state index contributed by atoms with van der Waals surface area (Å²) in [6.45, 7) is 2.78. The van der Waals surface area contributed by atoms with Crippen LogP contribution in [-0.2, 0) is 11.3 Å². The number of alkyl halides is 2. The van der Waals surface area contributed by atoms with Crippen molar-refractivity contribution in [3.8, 4) is 17.0 Å². The second-order valence-corrected chi connectivity index (χ2v) is 7.82. The largest absolute Gasteiger partial charge is 0.486 e. The topological polar surface area (TPSA) is 82.4 Å². The highest BCUT2D eigenvalue weighted by atomic mass is 19.3. The van der Waals surface area contributed by atoms with Gasteiger partial charge in [0, 0.05) is 30.6 Å². The molecule has 1 fully saturated rings. The Morgan fingerprint density at radius 2 is 2.19 bits per heavy atom. The zero-order valence-corrected chi connectivity index (χ0v) is 17.4. The number of hydrogen-bond donors (Lipinski definition) is 0. The molecule has 0 saturated carbocycles. The maximum absolute atomic E-state index is 13.1. The predicted molar refractivity (Wildman–Crippen MR) is 111 cm³/mol. The lowest BCUT2D eigenvalue weighted by Gasteiger charge is -2.12. The molecule has 1 amide bonds. The molecule has 8 nitrogen and oxygen atoms in total. The van der Waals surface area contributed by atoms with E-state index in [9.17, 15) is 13.6 Å². The molecule has 5 heterocycles. The Hall–Kier alpha value is -3.40. The zero-order valence-electron chi connectivity index (χ0n) is 17.4. The minimum absolute atomic E-state index is 0.142. The van der Waals surface area contributed by atoms with E-state index in [4.69, 9.17) is 9.47 Å². The van der Waals surface area contributed by atoms with Crippen LogP contribution in [-0.4, -0.2) is 51.9 Å². The molecule has 0 aromatic carbocycles. The number of anilines is 1. The highest BCUT2D eigenvalue weighted by molar-refractivity contribution is 6.10. The number of carbonyl (C=O) groups excluding carboxylic acids is 1. The number of halogens is 2. The molecular formula is C22H21F2N5O3. The van der Waals surface area contributed by atoms with Crippen LogP contribution in [0.3, 0.4) is 0 Å². The molecule has 3 aromatic rings.